The topological polar surface area (TPSA) is 130 Å². The maximum atomic E-state index is 13.3. The third kappa shape index (κ3) is 4.76. The molecule has 2 fully saturated rings. The molecule has 10 nitrogen and oxygen atoms in total. The highest BCUT2D eigenvalue weighted by molar-refractivity contribution is 6.46. The monoisotopic (exact) mass is 452 g/mol. The summed E-state index contributed by atoms with van der Waals surface area (Å²) in [6.07, 6.45) is 3.48. The predicted octanol–water partition coefficient (Wildman–Crippen LogP) is -0.481. The predicted molar refractivity (Wildman–Crippen MR) is 115 cm³/mol. The highest BCUT2D eigenvalue weighted by Crippen LogP contribution is 2.39. The number of benzene rings is 1. The molecule has 10 heteroatoms. The van der Waals surface area contributed by atoms with Gasteiger partial charge in [0.1, 0.15) is 13.1 Å². The minimum atomic E-state index is -0.981. The Hall–Kier alpha value is -3.63. The molecule has 172 valence electrons. The van der Waals surface area contributed by atoms with Crippen LogP contribution in [-0.2, 0) is 14.3 Å². The van der Waals surface area contributed by atoms with Crippen LogP contribution in [-0.4, -0.2) is 65.9 Å². The van der Waals surface area contributed by atoms with E-state index in [2.05, 4.69) is 4.98 Å². The van der Waals surface area contributed by atoms with Crippen LogP contribution in [0.5, 0.6) is 0 Å². The van der Waals surface area contributed by atoms with E-state index in [4.69, 9.17) is 4.74 Å². The van der Waals surface area contributed by atoms with Crippen LogP contribution in [0.25, 0.3) is 5.76 Å². The van der Waals surface area contributed by atoms with Gasteiger partial charge in [0.2, 0.25) is 5.78 Å². The Kier molecular flexibility index (Phi) is 6.76. The van der Waals surface area contributed by atoms with Gasteiger partial charge in [0, 0.05) is 43.1 Å². The van der Waals surface area contributed by atoms with Crippen molar-refractivity contribution in [3.8, 4) is 0 Å². The molecule has 2 aliphatic heterocycles. The number of nitro benzene ring substituents is 1. The van der Waals surface area contributed by atoms with Crippen molar-refractivity contribution in [2.75, 3.05) is 39.4 Å². The molecule has 1 atom stereocenters. The molecule has 1 aromatic carbocycles. The third-order valence-electron chi connectivity index (χ3n) is 6.00. The van der Waals surface area contributed by atoms with Gasteiger partial charge in [-0.05, 0) is 23.3 Å². The number of quaternary nitrogens is 1. The molecule has 0 radical (unpaired) electrons. The summed E-state index contributed by atoms with van der Waals surface area (Å²) < 4.78 is 5.37. The Bertz CT molecular complexity index is 1080. The molecule has 1 N–H and O–H groups in total. The highest BCUT2D eigenvalue weighted by Gasteiger charge is 2.44. The van der Waals surface area contributed by atoms with Crippen LogP contribution < -0.4 is 10.0 Å². The number of morpholine rings is 1. The number of amides is 1. The summed E-state index contributed by atoms with van der Waals surface area (Å²) in [6, 6.07) is 7.71. The molecule has 2 aliphatic rings. The number of pyridine rings is 1. The summed E-state index contributed by atoms with van der Waals surface area (Å²) in [6.45, 7) is 4.17. The third-order valence-corrected chi connectivity index (χ3v) is 6.00. The smallest absolute Gasteiger partial charge is 0.295 e. The van der Waals surface area contributed by atoms with Crippen LogP contribution in [0.15, 0.2) is 54.4 Å². The van der Waals surface area contributed by atoms with Crippen molar-refractivity contribution < 1.29 is 29.3 Å². The first kappa shape index (κ1) is 22.6. The summed E-state index contributed by atoms with van der Waals surface area (Å²) in [5, 5.41) is 24.6. The number of nitrogens with zero attached hydrogens (tertiary/aromatic N) is 3. The van der Waals surface area contributed by atoms with Crippen molar-refractivity contribution in [3.63, 3.8) is 0 Å². The molecule has 1 amide bonds. The van der Waals surface area contributed by atoms with E-state index in [-0.39, 0.29) is 23.4 Å². The van der Waals surface area contributed by atoms with E-state index < -0.39 is 28.4 Å². The Morgan fingerprint density at radius 1 is 1.18 bits per heavy atom. The number of Topliss-reactive ketones (excluding diaryl/α,β-unsaturated/α-hetero) is 1. The number of non-ortho nitro benzene ring substituents is 1. The fourth-order valence-electron chi connectivity index (χ4n) is 4.32. The summed E-state index contributed by atoms with van der Waals surface area (Å²) in [5.41, 5.74) is 0.230. The fourth-order valence-corrected chi connectivity index (χ4v) is 4.32. The van der Waals surface area contributed by atoms with Crippen molar-refractivity contribution in [2.45, 2.75) is 12.5 Å². The molecule has 1 aromatic heterocycles. The summed E-state index contributed by atoms with van der Waals surface area (Å²) in [4.78, 5) is 43.3. The van der Waals surface area contributed by atoms with Gasteiger partial charge < -0.3 is 19.6 Å². The number of nitrogens with one attached hydrogen (secondary N) is 1. The van der Waals surface area contributed by atoms with Crippen molar-refractivity contribution >= 4 is 23.1 Å². The molecular formula is C23H24N4O6. The minimum Gasteiger partial charge on any atom is -0.872 e. The molecule has 0 aliphatic carbocycles. The Morgan fingerprint density at radius 3 is 2.61 bits per heavy atom. The zero-order valence-corrected chi connectivity index (χ0v) is 17.9. The molecule has 1 unspecified atom stereocenters. The summed E-state index contributed by atoms with van der Waals surface area (Å²) in [7, 11) is 0. The van der Waals surface area contributed by atoms with Gasteiger partial charge in [-0.15, -0.1) is 0 Å². The summed E-state index contributed by atoms with van der Waals surface area (Å²) in [5.74, 6) is -2.21. The van der Waals surface area contributed by atoms with E-state index in [0.717, 1.165) is 19.6 Å². The van der Waals surface area contributed by atoms with Crippen molar-refractivity contribution in [1.29, 1.82) is 0 Å². The number of ketones is 1. The number of hydrogen-bond donors (Lipinski definition) is 1. The normalized spacial score (nSPS) is 20.8. The van der Waals surface area contributed by atoms with Gasteiger partial charge in [0.25, 0.3) is 11.6 Å². The number of carbonyl (C=O) groups is 2. The van der Waals surface area contributed by atoms with Crippen LogP contribution in [0.2, 0.25) is 0 Å². The summed E-state index contributed by atoms with van der Waals surface area (Å²) >= 11 is 0. The largest absolute Gasteiger partial charge is 0.872 e. The maximum Gasteiger partial charge on any atom is 0.295 e. The van der Waals surface area contributed by atoms with Gasteiger partial charge in [-0.25, -0.2) is 0 Å². The molecule has 33 heavy (non-hydrogen) atoms. The molecule has 0 saturated carbocycles. The van der Waals surface area contributed by atoms with Crippen LogP contribution in [0.3, 0.4) is 0 Å². The minimum absolute atomic E-state index is 0.173. The maximum absolute atomic E-state index is 13.3. The van der Waals surface area contributed by atoms with E-state index in [9.17, 15) is 24.8 Å². The number of rotatable bonds is 7. The zero-order chi connectivity index (χ0) is 23.4. The lowest BCUT2D eigenvalue weighted by atomic mass is 9.95. The first-order chi connectivity index (χ1) is 16.0. The van der Waals surface area contributed by atoms with Gasteiger partial charge in [0.05, 0.1) is 30.7 Å². The number of nitro groups is 1. The Balaban J connectivity index is 1.70. The van der Waals surface area contributed by atoms with E-state index in [1.165, 1.54) is 52.5 Å². The fraction of sp³-hybridized carbons (Fsp3) is 0.348. The van der Waals surface area contributed by atoms with Crippen molar-refractivity contribution in [3.05, 3.63) is 75.6 Å². The van der Waals surface area contributed by atoms with Crippen molar-refractivity contribution in [2.24, 2.45) is 0 Å². The lowest BCUT2D eigenvalue weighted by Gasteiger charge is -2.28. The van der Waals surface area contributed by atoms with Crippen LogP contribution >= 0.6 is 0 Å². The van der Waals surface area contributed by atoms with Gasteiger partial charge in [-0.2, -0.15) is 0 Å². The number of carbonyl (C=O) groups excluding carboxylic acids is 2. The van der Waals surface area contributed by atoms with Crippen LogP contribution in [0.1, 0.15) is 23.6 Å². The highest BCUT2D eigenvalue weighted by atomic mass is 16.6. The zero-order valence-electron chi connectivity index (χ0n) is 17.9. The van der Waals surface area contributed by atoms with Gasteiger partial charge >= 0.3 is 0 Å². The van der Waals surface area contributed by atoms with E-state index in [0.29, 0.717) is 25.2 Å². The van der Waals surface area contributed by atoms with E-state index in [1.807, 2.05) is 0 Å². The van der Waals surface area contributed by atoms with Gasteiger partial charge in [0.15, 0.2) is 0 Å². The van der Waals surface area contributed by atoms with E-state index >= 15 is 0 Å². The first-order valence-corrected chi connectivity index (χ1v) is 10.8. The molecule has 0 spiro atoms. The molecule has 2 saturated heterocycles. The Labute approximate surface area is 190 Å². The second-order valence-corrected chi connectivity index (χ2v) is 8.03. The molecule has 4 rings (SSSR count). The van der Waals surface area contributed by atoms with E-state index in [1.54, 1.807) is 6.07 Å². The average Bonchev–Trinajstić information content (AvgIpc) is 3.10. The molecular weight excluding hydrogens is 428 g/mol. The standard InChI is InChI=1S/C23H24N4O6/c28-21(16-5-7-24-8-6-16)19-20(17-3-1-4-18(15-17)27(31)32)26(23(30)22(19)29)10-2-9-25-11-13-33-14-12-25/h1,3-8,15,20,28H,2,9-14H2. The molecule has 2 aromatic rings. The van der Waals surface area contributed by atoms with Crippen LogP contribution in [0.4, 0.5) is 5.69 Å². The first-order valence-electron chi connectivity index (χ1n) is 10.8. The average molecular weight is 452 g/mol. The van der Waals surface area contributed by atoms with Crippen LogP contribution in [0, 0.1) is 10.1 Å². The Morgan fingerprint density at radius 2 is 1.91 bits per heavy atom. The second-order valence-electron chi connectivity index (χ2n) is 8.03. The number of likely N-dealkylation sites (tertiary alicyclic amines) is 1. The molecule has 0 bridgehead atoms. The quantitative estimate of drug-likeness (QED) is 0.197. The number of aromatic nitrogens is 1. The molecule has 3 heterocycles. The number of hydrogen-bond acceptors (Lipinski definition) is 7. The SMILES string of the molecule is O=C1C(=O)N(CCC[NH+]2CCOCC2)C(c2cccc([N+](=O)[O-])c2)C1=C([O-])c1ccncc1. The van der Waals surface area contributed by atoms with Gasteiger partial charge in [-0.1, -0.05) is 17.9 Å². The second kappa shape index (κ2) is 9.88. The van der Waals surface area contributed by atoms with Gasteiger partial charge in [-0.3, -0.25) is 24.7 Å². The lowest BCUT2D eigenvalue weighted by molar-refractivity contribution is -0.908. The van der Waals surface area contributed by atoms with Crippen molar-refractivity contribution in [1.82, 2.24) is 9.88 Å². The number of ether oxygens (including phenoxy) is 1. The lowest BCUT2D eigenvalue weighted by Crippen LogP contribution is -3.14.